The number of nitrogens with zero attached hydrogens (tertiary/aromatic N) is 2. The van der Waals surface area contributed by atoms with Crippen LogP contribution in [0.2, 0.25) is 0 Å². The van der Waals surface area contributed by atoms with E-state index in [2.05, 4.69) is 20.5 Å². The lowest BCUT2D eigenvalue weighted by Gasteiger charge is -2.02. The number of rotatable bonds is 4. The van der Waals surface area contributed by atoms with Crippen molar-refractivity contribution in [3.63, 3.8) is 0 Å². The quantitative estimate of drug-likeness (QED) is 0.758. The summed E-state index contributed by atoms with van der Waals surface area (Å²) in [7, 11) is 0. The highest BCUT2D eigenvalue weighted by atomic mass is 16.3. The second-order valence-electron chi connectivity index (χ2n) is 4.18. The third-order valence-electron chi connectivity index (χ3n) is 2.80. The summed E-state index contributed by atoms with van der Waals surface area (Å²) in [5.74, 6) is 0.404. The molecule has 6 heteroatoms. The van der Waals surface area contributed by atoms with E-state index in [9.17, 15) is 4.79 Å². The Bertz CT molecular complexity index is 689. The van der Waals surface area contributed by atoms with E-state index in [4.69, 9.17) is 4.42 Å². The number of hydrogen-bond acceptors (Lipinski definition) is 4. The molecule has 6 nitrogen and oxygen atoms in total. The van der Waals surface area contributed by atoms with Gasteiger partial charge in [-0.25, -0.2) is 0 Å². The number of pyridine rings is 1. The largest absolute Gasteiger partial charge is 0.463 e. The Balaban J connectivity index is 1.66. The van der Waals surface area contributed by atoms with Crippen molar-refractivity contribution in [2.45, 2.75) is 6.54 Å². The van der Waals surface area contributed by atoms with Crippen LogP contribution in [0.4, 0.5) is 0 Å². The molecular weight excluding hydrogens is 256 g/mol. The summed E-state index contributed by atoms with van der Waals surface area (Å²) in [6.07, 6.45) is 4.94. The summed E-state index contributed by atoms with van der Waals surface area (Å²) in [6.45, 7) is 0.435. The molecule has 2 N–H and O–H groups in total. The van der Waals surface area contributed by atoms with E-state index in [0.29, 0.717) is 23.7 Å². The number of aromatic nitrogens is 3. The maximum absolute atomic E-state index is 12.0. The topological polar surface area (TPSA) is 83.8 Å². The molecular formula is C14H12N4O2. The van der Waals surface area contributed by atoms with Crippen molar-refractivity contribution in [1.82, 2.24) is 20.5 Å². The van der Waals surface area contributed by atoms with Crippen molar-refractivity contribution >= 4 is 5.91 Å². The number of amides is 1. The summed E-state index contributed by atoms with van der Waals surface area (Å²) in [4.78, 5) is 15.9. The Morgan fingerprint density at radius 3 is 2.90 bits per heavy atom. The van der Waals surface area contributed by atoms with Gasteiger partial charge in [-0.15, -0.1) is 0 Å². The van der Waals surface area contributed by atoms with Gasteiger partial charge in [0.2, 0.25) is 0 Å². The van der Waals surface area contributed by atoms with Crippen LogP contribution in [-0.4, -0.2) is 21.1 Å². The highest BCUT2D eigenvalue weighted by Gasteiger charge is 2.12. The minimum Gasteiger partial charge on any atom is -0.463 e. The van der Waals surface area contributed by atoms with Gasteiger partial charge in [0, 0.05) is 25.0 Å². The molecule has 3 heterocycles. The van der Waals surface area contributed by atoms with Crippen LogP contribution in [0, 0.1) is 0 Å². The van der Waals surface area contributed by atoms with Crippen LogP contribution < -0.4 is 5.32 Å². The van der Waals surface area contributed by atoms with Gasteiger partial charge in [0.25, 0.3) is 5.91 Å². The van der Waals surface area contributed by atoms with E-state index in [1.807, 2.05) is 12.1 Å². The highest BCUT2D eigenvalue weighted by Crippen LogP contribution is 2.17. The number of hydrogen-bond donors (Lipinski definition) is 2. The monoisotopic (exact) mass is 268 g/mol. The SMILES string of the molecule is O=C(NCc1ccncc1)c1cc(-c2ccco2)[nH]n1. The van der Waals surface area contributed by atoms with Crippen LogP contribution in [0.5, 0.6) is 0 Å². The molecule has 0 aliphatic rings. The summed E-state index contributed by atoms with van der Waals surface area (Å²) >= 11 is 0. The van der Waals surface area contributed by atoms with Crippen molar-refractivity contribution < 1.29 is 9.21 Å². The lowest BCUT2D eigenvalue weighted by Crippen LogP contribution is -2.23. The molecule has 3 aromatic rings. The maximum Gasteiger partial charge on any atom is 0.272 e. The number of nitrogens with one attached hydrogen (secondary N) is 2. The van der Waals surface area contributed by atoms with Crippen LogP contribution in [0.25, 0.3) is 11.5 Å². The first-order valence-corrected chi connectivity index (χ1v) is 6.09. The van der Waals surface area contributed by atoms with Crippen molar-refractivity contribution in [3.8, 4) is 11.5 Å². The standard InChI is InChI=1S/C14H12N4O2/c19-14(16-9-10-3-5-15-6-4-10)12-8-11(17-18-12)13-2-1-7-20-13/h1-8H,9H2,(H,16,19)(H,17,18). The van der Waals surface area contributed by atoms with Gasteiger partial charge in [-0.1, -0.05) is 0 Å². The summed E-state index contributed by atoms with van der Waals surface area (Å²) in [6, 6.07) is 8.92. The van der Waals surface area contributed by atoms with Gasteiger partial charge in [-0.2, -0.15) is 5.10 Å². The van der Waals surface area contributed by atoms with E-state index in [-0.39, 0.29) is 5.91 Å². The minimum atomic E-state index is -0.240. The molecule has 0 unspecified atom stereocenters. The summed E-state index contributed by atoms with van der Waals surface area (Å²) in [5, 5.41) is 9.54. The predicted molar refractivity (Wildman–Crippen MR) is 71.7 cm³/mol. The number of furan rings is 1. The van der Waals surface area contributed by atoms with Crippen molar-refractivity contribution in [2.75, 3.05) is 0 Å². The molecule has 0 bridgehead atoms. The third kappa shape index (κ3) is 2.59. The molecule has 0 aromatic carbocycles. The van der Waals surface area contributed by atoms with Crippen molar-refractivity contribution in [2.24, 2.45) is 0 Å². The molecule has 0 saturated carbocycles. The minimum absolute atomic E-state index is 0.240. The Morgan fingerprint density at radius 2 is 2.15 bits per heavy atom. The van der Waals surface area contributed by atoms with Crippen LogP contribution >= 0.6 is 0 Å². The smallest absolute Gasteiger partial charge is 0.272 e. The molecule has 3 rings (SSSR count). The van der Waals surface area contributed by atoms with Gasteiger partial charge < -0.3 is 9.73 Å². The van der Waals surface area contributed by atoms with Crippen molar-refractivity contribution in [1.29, 1.82) is 0 Å². The first kappa shape index (κ1) is 12.2. The Morgan fingerprint density at radius 1 is 1.30 bits per heavy atom. The maximum atomic E-state index is 12.0. The zero-order chi connectivity index (χ0) is 13.8. The molecule has 0 aliphatic carbocycles. The lowest BCUT2D eigenvalue weighted by molar-refractivity contribution is 0.0946. The fourth-order valence-corrected chi connectivity index (χ4v) is 1.77. The van der Waals surface area contributed by atoms with E-state index >= 15 is 0 Å². The second kappa shape index (κ2) is 5.40. The van der Waals surface area contributed by atoms with Gasteiger partial charge >= 0.3 is 0 Å². The van der Waals surface area contributed by atoms with Gasteiger partial charge in [-0.05, 0) is 29.8 Å². The van der Waals surface area contributed by atoms with Crippen LogP contribution in [0.3, 0.4) is 0 Å². The summed E-state index contributed by atoms with van der Waals surface area (Å²) < 4.78 is 5.23. The highest BCUT2D eigenvalue weighted by molar-refractivity contribution is 5.93. The van der Waals surface area contributed by atoms with E-state index in [0.717, 1.165) is 5.56 Å². The zero-order valence-corrected chi connectivity index (χ0v) is 10.5. The Labute approximate surface area is 114 Å². The molecule has 100 valence electrons. The van der Waals surface area contributed by atoms with Crippen LogP contribution in [-0.2, 0) is 6.54 Å². The first-order valence-electron chi connectivity index (χ1n) is 6.09. The van der Waals surface area contributed by atoms with Gasteiger partial charge in [0.05, 0.1) is 6.26 Å². The number of aromatic amines is 1. The van der Waals surface area contributed by atoms with E-state index < -0.39 is 0 Å². The molecule has 1 amide bonds. The molecule has 0 fully saturated rings. The van der Waals surface area contributed by atoms with Gasteiger partial charge in [-0.3, -0.25) is 14.9 Å². The summed E-state index contributed by atoms with van der Waals surface area (Å²) in [5.41, 5.74) is 1.98. The Hall–Kier alpha value is -2.89. The van der Waals surface area contributed by atoms with Crippen LogP contribution in [0.15, 0.2) is 53.4 Å². The Kier molecular flexibility index (Phi) is 3.28. The first-order chi connectivity index (χ1) is 9.83. The third-order valence-corrected chi connectivity index (χ3v) is 2.80. The molecule has 20 heavy (non-hydrogen) atoms. The van der Waals surface area contributed by atoms with Gasteiger partial charge in [0.1, 0.15) is 5.69 Å². The average Bonchev–Trinajstić information content (AvgIpc) is 3.16. The predicted octanol–water partition coefficient (Wildman–Crippen LogP) is 1.99. The molecule has 0 atom stereocenters. The molecule has 0 spiro atoms. The molecule has 0 aliphatic heterocycles. The van der Waals surface area contributed by atoms with Gasteiger partial charge in [0.15, 0.2) is 11.5 Å². The number of H-pyrrole nitrogens is 1. The molecule has 3 aromatic heterocycles. The number of carbonyl (C=O) groups excluding carboxylic acids is 1. The molecule has 0 radical (unpaired) electrons. The molecule has 0 saturated heterocycles. The van der Waals surface area contributed by atoms with Crippen LogP contribution in [0.1, 0.15) is 16.1 Å². The fourth-order valence-electron chi connectivity index (χ4n) is 1.77. The zero-order valence-electron chi connectivity index (χ0n) is 10.5. The van der Waals surface area contributed by atoms with Crippen molar-refractivity contribution in [3.05, 3.63) is 60.2 Å². The lowest BCUT2D eigenvalue weighted by atomic mass is 10.2. The fraction of sp³-hybridized carbons (Fsp3) is 0.0714. The van der Waals surface area contributed by atoms with E-state index in [1.165, 1.54) is 0 Å². The average molecular weight is 268 g/mol. The normalized spacial score (nSPS) is 10.4. The number of carbonyl (C=O) groups is 1. The van der Waals surface area contributed by atoms with E-state index in [1.54, 1.807) is 36.9 Å². The second-order valence-corrected chi connectivity index (χ2v) is 4.18.